The van der Waals surface area contributed by atoms with E-state index in [-0.39, 0.29) is 46.3 Å². The SMILES string of the molecule is CCNC(=O)Nc1cc(-c2nc(C(F)(F)F)cs2)c(-c2ccc3c(c2)c(=O)c(C(=O)N2CCN(C(C)=O)CC2)cn3CCN(C)C)cn1. The van der Waals surface area contributed by atoms with E-state index in [0.29, 0.717) is 49.4 Å². The number of hydrogen-bond donors (Lipinski definition) is 2. The molecule has 2 N–H and O–H groups in total. The number of hydrogen-bond acceptors (Lipinski definition) is 8. The smallest absolute Gasteiger partial charge is 0.345 e. The van der Waals surface area contributed by atoms with E-state index in [9.17, 15) is 32.3 Å². The van der Waals surface area contributed by atoms with E-state index in [1.165, 1.54) is 19.2 Å². The third kappa shape index (κ3) is 7.49. The van der Waals surface area contributed by atoms with E-state index in [1.807, 2.05) is 23.6 Å². The van der Waals surface area contributed by atoms with Crippen molar-refractivity contribution in [3.63, 3.8) is 0 Å². The maximum atomic E-state index is 14.0. The van der Waals surface area contributed by atoms with Crippen LogP contribution in [0.15, 0.2) is 46.8 Å². The van der Waals surface area contributed by atoms with Crippen LogP contribution in [0.5, 0.6) is 0 Å². The van der Waals surface area contributed by atoms with Crippen molar-refractivity contribution < 1.29 is 27.6 Å². The van der Waals surface area contributed by atoms with Gasteiger partial charge in [-0.3, -0.25) is 19.7 Å². The van der Waals surface area contributed by atoms with Crippen molar-refractivity contribution >= 4 is 45.9 Å². The van der Waals surface area contributed by atoms with E-state index < -0.39 is 29.2 Å². The topological polar surface area (TPSA) is 133 Å². The summed E-state index contributed by atoms with van der Waals surface area (Å²) in [6.45, 7) is 5.93. The number of rotatable bonds is 8. The molecule has 0 atom stereocenters. The van der Waals surface area contributed by atoms with Gasteiger partial charge in [-0.15, -0.1) is 11.3 Å². The van der Waals surface area contributed by atoms with Crippen LogP contribution in [0.2, 0.25) is 0 Å². The molecule has 48 heavy (non-hydrogen) atoms. The number of likely N-dealkylation sites (N-methyl/N-ethyl adjacent to an activating group) is 1. The quantitative estimate of drug-likeness (QED) is 0.284. The molecule has 0 saturated carbocycles. The summed E-state index contributed by atoms with van der Waals surface area (Å²) in [5.41, 5.74) is 0.0836. The maximum absolute atomic E-state index is 14.0. The van der Waals surface area contributed by atoms with Crippen molar-refractivity contribution in [2.24, 2.45) is 0 Å². The molecule has 5 rings (SSSR count). The Labute approximate surface area is 278 Å². The molecule has 3 aromatic heterocycles. The highest BCUT2D eigenvalue weighted by atomic mass is 32.1. The van der Waals surface area contributed by atoms with Crippen LogP contribution in [-0.4, -0.2) is 100 Å². The Hall–Kier alpha value is -4.83. The molecule has 1 aliphatic heterocycles. The molecule has 0 radical (unpaired) electrons. The first-order chi connectivity index (χ1) is 22.8. The van der Waals surface area contributed by atoms with Crippen LogP contribution in [0.4, 0.5) is 23.8 Å². The lowest BCUT2D eigenvalue weighted by Crippen LogP contribution is -2.50. The zero-order valence-electron chi connectivity index (χ0n) is 26.8. The number of anilines is 1. The average molecular weight is 685 g/mol. The summed E-state index contributed by atoms with van der Waals surface area (Å²) in [7, 11) is 3.82. The minimum absolute atomic E-state index is 0.0238. The number of thiazole rings is 1. The predicted molar refractivity (Wildman–Crippen MR) is 177 cm³/mol. The van der Waals surface area contributed by atoms with Crippen LogP contribution < -0.4 is 16.1 Å². The van der Waals surface area contributed by atoms with Gasteiger partial charge in [-0.25, -0.2) is 14.8 Å². The van der Waals surface area contributed by atoms with Crippen molar-refractivity contribution in [3.8, 4) is 21.7 Å². The van der Waals surface area contributed by atoms with Gasteiger partial charge in [0.2, 0.25) is 11.3 Å². The van der Waals surface area contributed by atoms with Gasteiger partial charge in [-0.2, -0.15) is 13.2 Å². The van der Waals surface area contributed by atoms with Gasteiger partial charge in [0.1, 0.15) is 16.4 Å². The second-order valence-corrected chi connectivity index (χ2v) is 12.4. The Morgan fingerprint density at radius 3 is 2.38 bits per heavy atom. The number of aromatic nitrogens is 3. The van der Waals surface area contributed by atoms with E-state index in [1.54, 1.807) is 41.1 Å². The number of nitrogens with zero attached hydrogens (tertiary/aromatic N) is 6. The second kappa shape index (κ2) is 14.1. The number of amides is 4. The predicted octanol–water partition coefficient (Wildman–Crippen LogP) is 4.21. The first kappa shape index (κ1) is 34.5. The number of pyridine rings is 2. The van der Waals surface area contributed by atoms with Crippen molar-refractivity contribution in [3.05, 3.63) is 63.5 Å². The number of carbonyl (C=O) groups excluding carboxylic acids is 3. The van der Waals surface area contributed by atoms with E-state index >= 15 is 0 Å². The number of fused-ring (bicyclic) bond motifs is 1. The van der Waals surface area contributed by atoms with Crippen molar-refractivity contribution in [2.45, 2.75) is 26.6 Å². The summed E-state index contributed by atoms with van der Waals surface area (Å²) in [5, 5.41) is 6.34. The molecule has 1 aliphatic rings. The fourth-order valence-electron chi connectivity index (χ4n) is 5.38. The minimum atomic E-state index is -4.66. The molecule has 1 fully saturated rings. The molecule has 4 aromatic rings. The molecule has 1 saturated heterocycles. The molecule has 0 unspecified atom stereocenters. The summed E-state index contributed by atoms with van der Waals surface area (Å²) in [4.78, 5) is 65.1. The minimum Gasteiger partial charge on any atom is -0.345 e. The van der Waals surface area contributed by atoms with Crippen LogP contribution in [0.3, 0.4) is 0 Å². The van der Waals surface area contributed by atoms with Crippen molar-refractivity contribution in [1.29, 1.82) is 0 Å². The van der Waals surface area contributed by atoms with Gasteiger partial charge in [0.15, 0.2) is 5.69 Å². The zero-order valence-corrected chi connectivity index (χ0v) is 27.7. The van der Waals surface area contributed by atoms with Gasteiger partial charge in [0, 0.05) is 87.0 Å². The van der Waals surface area contributed by atoms with Crippen LogP contribution >= 0.6 is 11.3 Å². The number of halogens is 3. The molecule has 4 amide bonds. The highest BCUT2D eigenvalue weighted by Crippen LogP contribution is 2.39. The van der Waals surface area contributed by atoms with Gasteiger partial charge in [-0.05, 0) is 44.8 Å². The lowest BCUT2D eigenvalue weighted by Gasteiger charge is -2.34. The number of nitrogens with one attached hydrogen (secondary N) is 2. The summed E-state index contributed by atoms with van der Waals surface area (Å²) >= 11 is 0.786. The van der Waals surface area contributed by atoms with E-state index in [0.717, 1.165) is 16.7 Å². The summed E-state index contributed by atoms with van der Waals surface area (Å²) in [6, 6.07) is 5.96. The van der Waals surface area contributed by atoms with Gasteiger partial charge < -0.3 is 24.6 Å². The lowest BCUT2D eigenvalue weighted by atomic mass is 9.99. The van der Waals surface area contributed by atoms with Gasteiger partial charge >= 0.3 is 12.2 Å². The number of piperazine rings is 1. The molecule has 0 spiro atoms. The Balaban J connectivity index is 1.63. The third-order valence-electron chi connectivity index (χ3n) is 7.93. The van der Waals surface area contributed by atoms with Crippen LogP contribution in [-0.2, 0) is 17.5 Å². The molecule has 12 nitrogen and oxygen atoms in total. The van der Waals surface area contributed by atoms with Crippen LogP contribution in [0.25, 0.3) is 32.6 Å². The van der Waals surface area contributed by atoms with Gasteiger partial charge in [0.05, 0.1) is 5.52 Å². The Kier molecular flexibility index (Phi) is 10.1. The highest BCUT2D eigenvalue weighted by molar-refractivity contribution is 7.13. The normalized spacial score (nSPS) is 13.7. The Bertz CT molecular complexity index is 1920. The Morgan fingerprint density at radius 1 is 1.04 bits per heavy atom. The lowest BCUT2D eigenvalue weighted by molar-refractivity contribution is -0.140. The van der Waals surface area contributed by atoms with E-state index in [2.05, 4.69) is 20.6 Å². The van der Waals surface area contributed by atoms with Gasteiger partial charge in [-0.1, -0.05) is 6.07 Å². The van der Waals surface area contributed by atoms with E-state index in [4.69, 9.17) is 0 Å². The molecular weight excluding hydrogens is 649 g/mol. The summed E-state index contributed by atoms with van der Waals surface area (Å²) in [5.74, 6) is -0.437. The van der Waals surface area contributed by atoms with Crippen molar-refractivity contribution in [1.82, 2.24) is 34.6 Å². The van der Waals surface area contributed by atoms with Crippen LogP contribution in [0, 0.1) is 0 Å². The number of urea groups is 1. The fourth-order valence-corrected chi connectivity index (χ4v) is 6.24. The first-order valence-electron chi connectivity index (χ1n) is 15.2. The first-order valence-corrected chi connectivity index (χ1v) is 16.1. The average Bonchev–Trinajstić information content (AvgIpc) is 3.56. The van der Waals surface area contributed by atoms with Crippen molar-refractivity contribution in [2.75, 3.05) is 58.7 Å². The molecule has 4 heterocycles. The van der Waals surface area contributed by atoms with Gasteiger partial charge in [0.25, 0.3) is 5.91 Å². The molecule has 254 valence electrons. The Morgan fingerprint density at radius 2 is 1.75 bits per heavy atom. The number of benzene rings is 1. The number of carbonyl (C=O) groups is 3. The molecular formula is C32H35F3N8O4S. The standard InChI is InChI=1S/C32H35F3N8O4S/c1-5-36-31(47)39-27-15-21(29-38-26(18-48-29)32(33,34)35)23(16-37-27)20-6-7-25-22(14-20)28(45)24(17-43(25)9-8-40(3)4)30(46)42-12-10-41(11-13-42)19(2)44/h6-7,14-18H,5,8-13H2,1-4H3,(H2,36,37,39,47). The summed E-state index contributed by atoms with van der Waals surface area (Å²) in [6.07, 6.45) is -1.69. The molecule has 16 heteroatoms. The molecule has 0 aliphatic carbocycles. The maximum Gasteiger partial charge on any atom is 0.434 e. The molecule has 0 bridgehead atoms. The highest BCUT2D eigenvalue weighted by Gasteiger charge is 2.34. The monoisotopic (exact) mass is 684 g/mol. The molecule has 1 aromatic carbocycles. The van der Waals surface area contributed by atoms with Crippen LogP contribution in [0.1, 0.15) is 29.9 Å². The summed E-state index contributed by atoms with van der Waals surface area (Å²) < 4.78 is 42.4. The fraction of sp³-hybridized carbons (Fsp3) is 0.375. The second-order valence-electron chi connectivity index (χ2n) is 11.5. The largest absolute Gasteiger partial charge is 0.434 e. The number of alkyl halides is 3. The third-order valence-corrected chi connectivity index (χ3v) is 8.81. The zero-order chi connectivity index (χ0) is 34.7.